The summed E-state index contributed by atoms with van der Waals surface area (Å²) in [6.07, 6.45) is 2.75. The van der Waals surface area contributed by atoms with Crippen LogP contribution in [-0.4, -0.2) is 30.7 Å². The number of likely N-dealkylation sites (tertiary alicyclic amines) is 1. The number of fused-ring (bicyclic) bond motifs is 1. The summed E-state index contributed by atoms with van der Waals surface area (Å²) in [4.78, 5) is 15.0. The summed E-state index contributed by atoms with van der Waals surface area (Å²) in [6.45, 7) is 3.96. The largest absolute Gasteiger partial charge is 0.486 e. The zero-order valence-electron chi connectivity index (χ0n) is 16.0. The van der Waals surface area contributed by atoms with E-state index in [0.29, 0.717) is 18.2 Å². The van der Waals surface area contributed by atoms with Crippen LogP contribution >= 0.6 is 11.6 Å². The monoisotopic (exact) mass is 400 g/mol. The van der Waals surface area contributed by atoms with E-state index >= 15 is 0 Å². The van der Waals surface area contributed by atoms with Crippen molar-refractivity contribution in [3.8, 4) is 11.5 Å². The van der Waals surface area contributed by atoms with Crippen molar-refractivity contribution in [1.82, 2.24) is 10.2 Å². The topological polar surface area (TPSA) is 50.8 Å². The number of nitrogens with zero attached hydrogens (tertiary/aromatic N) is 1. The first kappa shape index (κ1) is 18.9. The second-order valence-corrected chi connectivity index (χ2v) is 7.65. The van der Waals surface area contributed by atoms with Crippen molar-refractivity contribution >= 4 is 17.6 Å². The molecule has 2 aliphatic rings. The van der Waals surface area contributed by atoms with Crippen molar-refractivity contribution < 1.29 is 14.3 Å². The zero-order chi connectivity index (χ0) is 19.5. The molecule has 5 nitrogen and oxygen atoms in total. The average molecular weight is 401 g/mol. The lowest BCUT2D eigenvalue weighted by atomic mass is 10.0. The van der Waals surface area contributed by atoms with E-state index in [0.717, 1.165) is 48.4 Å². The number of urea groups is 1. The molecule has 0 bridgehead atoms. The van der Waals surface area contributed by atoms with Gasteiger partial charge in [-0.1, -0.05) is 36.7 Å². The summed E-state index contributed by atoms with van der Waals surface area (Å²) in [5, 5.41) is 3.89. The van der Waals surface area contributed by atoms with Crippen LogP contribution in [0, 0.1) is 0 Å². The van der Waals surface area contributed by atoms with Crippen LogP contribution in [0.4, 0.5) is 4.79 Å². The van der Waals surface area contributed by atoms with Gasteiger partial charge in [0.1, 0.15) is 13.2 Å². The first-order valence-corrected chi connectivity index (χ1v) is 10.3. The molecule has 0 spiro atoms. The summed E-state index contributed by atoms with van der Waals surface area (Å²) in [5.41, 5.74) is 2.16. The highest BCUT2D eigenvalue weighted by Crippen LogP contribution is 2.38. The molecule has 148 valence electrons. The van der Waals surface area contributed by atoms with Crippen LogP contribution in [-0.2, 0) is 0 Å². The number of benzene rings is 2. The maximum Gasteiger partial charge on any atom is 0.318 e. The van der Waals surface area contributed by atoms with E-state index in [-0.39, 0.29) is 18.1 Å². The third-order valence-electron chi connectivity index (χ3n) is 5.44. The van der Waals surface area contributed by atoms with E-state index in [2.05, 4.69) is 12.2 Å². The van der Waals surface area contributed by atoms with Crippen LogP contribution in [0.25, 0.3) is 0 Å². The van der Waals surface area contributed by atoms with Gasteiger partial charge in [-0.05, 0) is 54.7 Å². The number of rotatable bonds is 4. The number of hydrogen-bond acceptors (Lipinski definition) is 3. The minimum Gasteiger partial charge on any atom is -0.486 e. The van der Waals surface area contributed by atoms with E-state index in [1.165, 1.54) is 0 Å². The van der Waals surface area contributed by atoms with Gasteiger partial charge in [-0.25, -0.2) is 4.79 Å². The van der Waals surface area contributed by atoms with Gasteiger partial charge in [0.15, 0.2) is 11.5 Å². The van der Waals surface area contributed by atoms with Gasteiger partial charge in [-0.15, -0.1) is 0 Å². The summed E-state index contributed by atoms with van der Waals surface area (Å²) in [7, 11) is 0. The molecule has 0 aliphatic carbocycles. The fraction of sp³-hybridized carbons (Fsp3) is 0.409. The van der Waals surface area contributed by atoms with Crippen LogP contribution < -0.4 is 14.8 Å². The fourth-order valence-corrected chi connectivity index (χ4v) is 4.10. The normalized spacial score (nSPS) is 19.4. The Balaban J connectivity index is 1.49. The lowest BCUT2D eigenvalue weighted by Crippen LogP contribution is -2.41. The van der Waals surface area contributed by atoms with Crippen molar-refractivity contribution in [3.63, 3.8) is 0 Å². The summed E-state index contributed by atoms with van der Waals surface area (Å²) in [5.74, 6) is 1.54. The van der Waals surface area contributed by atoms with Crippen molar-refractivity contribution in [3.05, 3.63) is 58.6 Å². The molecule has 1 fully saturated rings. The number of carbonyl (C=O) groups excluding carboxylic acids is 1. The van der Waals surface area contributed by atoms with E-state index in [1.54, 1.807) is 0 Å². The molecular weight excluding hydrogens is 376 g/mol. The Morgan fingerprint density at radius 3 is 2.68 bits per heavy atom. The third kappa shape index (κ3) is 3.90. The van der Waals surface area contributed by atoms with Crippen molar-refractivity contribution in [2.24, 2.45) is 0 Å². The number of halogens is 1. The predicted molar refractivity (Wildman–Crippen MR) is 109 cm³/mol. The molecule has 4 rings (SSSR count). The Hall–Kier alpha value is -2.40. The Bertz CT molecular complexity index is 840. The van der Waals surface area contributed by atoms with Crippen molar-refractivity contribution in [2.45, 2.75) is 38.3 Å². The highest BCUT2D eigenvalue weighted by atomic mass is 35.5. The number of nitrogens with one attached hydrogen (secondary N) is 1. The van der Waals surface area contributed by atoms with Gasteiger partial charge in [0, 0.05) is 11.6 Å². The second kappa shape index (κ2) is 8.31. The molecule has 0 radical (unpaired) electrons. The molecule has 1 saturated heterocycles. The van der Waals surface area contributed by atoms with E-state index < -0.39 is 0 Å². The second-order valence-electron chi connectivity index (χ2n) is 7.22. The Morgan fingerprint density at radius 1 is 1.18 bits per heavy atom. The van der Waals surface area contributed by atoms with Crippen molar-refractivity contribution in [2.75, 3.05) is 19.8 Å². The highest BCUT2D eigenvalue weighted by molar-refractivity contribution is 6.30. The van der Waals surface area contributed by atoms with Gasteiger partial charge in [0.25, 0.3) is 0 Å². The number of ether oxygens (including phenoxy) is 2. The van der Waals surface area contributed by atoms with E-state index in [4.69, 9.17) is 21.1 Å². The maximum absolute atomic E-state index is 13.1. The molecule has 2 aromatic rings. The van der Waals surface area contributed by atoms with Crippen molar-refractivity contribution in [1.29, 1.82) is 0 Å². The number of amides is 2. The van der Waals surface area contributed by atoms with Crippen LogP contribution in [0.1, 0.15) is 49.4 Å². The Kier molecular flexibility index (Phi) is 5.62. The van der Waals surface area contributed by atoms with E-state index in [1.807, 2.05) is 47.4 Å². The van der Waals surface area contributed by atoms with Crippen LogP contribution in [0.15, 0.2) is 42.5 Å². The van der Waals surface area contributed by atoms with Gasteiger partial charge in [-0.2, -0.15) is 0 Å². The molecule has 2 aliphatic heterocycles. The summed E-state index contributed by atoms with van der Waals surface area (Å²) >= 11 is 5.99. The Morgan fingerprint density at radius 2 is 1.93 bits per heavy atom. The molecule has 0 saturated carbocycles. The molecule has 2 aromatic carbocycles. The molecule has 0 aromatic heterocycles. The smallest absolute Gasteiger partial charge is 0.318 e. The third-order valence-corrected chi connectivity index (χ3v) is 5.69. The minimum absolute atomic E-state index is 0.0285. The minimum atomic E-state index is -0.0358. The Labute approximate surface area is 170 Å². The van der Waals surface area contributed by atoms with Crippen LogP contribution in [0.2, 0.25) is 5.02 Å². The standard InChI is InChI=1S/C22H25ClN2O3/c1-2-18(15-5-8-17(23)9-6-15)24-22(26)25-11-3-4-19(25)16-7-10-20-21(14-16)28-13-12-27-20/h5-10,14,18-19H,2-4,11-13H2,1H3,(H,24,26). The van der Waals surface area contributed by atoms with Gasteiger partial charge in [0.05, 0.1) is 12.1 Å². The zero-order valence-corrected chi connectivity index (χ0v) is 16.7. The summed E-state index contributed by atoms with van der Waals surface area (Å²) < 4.78 is 11.3. The average Bonchev–Trinajstić information content (AvgIpc) is 3.22. The lowest BCUT2D eigenvalue weighted by Gasteiger charge is -2.29. The fourth-order valence-electron chi connectivity index (χ4n) is 3.97. The van der Waals surface area contributed by atoms with Gasteiger partial charge in [0.2, 0.25) is 0 Å². The lowest BCUT2D eigenvalue weighted by molar-refractivity contribution is 0.170. The molecule has 2 heterocycles. The number of hydrogen-bond donors (Lipinski definition) is 1. The highest BCUT2D eigenvalue weighted by Gasteiger charge is 2.31. The predicted octanol–water partition coefficient (Wildman–Crippen LogP) is 5.11. The quantitative estimate of drug-likeness (QED) is 0.775. The molecule has 1 N–H and O–H groups in total. The molecule has 6 heteroatoms. The van der Waals surface area contributed by atoms with E-state index in [9.17, 15) is 4.79 Å². The molecule has 28 heavy (non-hydrogen) atoms. The van der Waals surface area contributed by atoms with Gasteiger partial charge in [-0.3, -0.25) is 0 Å². The molecular formula is C22H25ClN2O3. The van der Waals surface area contributed by atoms with Crippen LogP contribution in [0.3, 0.4) is 0 Å². The first-order chi connectivity index (χ1) is 13.7. The summed E-state index contributed by atoms with van der Waals surface area (Å²) in [6, 6.07) is 13.7. The number of carbonyl (C=O) groups is 1. The maximum atomic E-state index is 13.1. The molecule has 2 unspecified atom stereocenters. The molecule has 2 atom stereocenters. The SMILES string of the molecule is CCC(NC(=O)N1CCCC1c1ccc2c(c1)OCCO2)c1ccc(Cl)cc1. The molecule has 2 amide bonds. The van der Waals surface area contributed by atoms with Crippen LogP contribution in [0.5, 0.6) is 11.5 Å². The van der Waals surface area contributed by atoms with Gasteiger partial charge < -0.3 is 19.7 Å². The first-order valence-electron chi connectivity index (χ1n) is 9.88. The van der Waals surface area contributed by atoms with Gasteiger partial charge >= 0.3 is 6.03 Å².